The normalized spacial score (nSPS) is 13.7. The van der Waals surface area contributed by atoms with Crippen LogP contribution in [0, 0.1) is 0 Å². The third-order valence-electron chi connectivity index (χ3n) is 3.77. The van der Waals surface area contributed by atoms with Crippen LogP contribution in [0.3, 0.4) is 0 Å². The standard InChI is InChI=1S/C14H29NO5Si/c1-14(2,3)21(6,7)20-9-8-11(13(17)19-5)15-12(16)10-18-4/h11H,8-10H2,1-7H3,(H,15,16)/t11-/m1/s1. The zero-order valence-corrected chi connectivity index (χ0v) is 15.2. The molecule has 0 saturated heterocycles. The van der Waals surface area contributed by atoms with E-state index in [9.17, 15) is 9.59 Å². The fourth-order valence-corrected chi connectivity index (χ4v) is 2.47. The largest absolute Gasteiger partial charge is 0.467 e. The van der Waals surface area contributed by atoms with Crippen LogP contribution in [-0.2, 0) is 23.5 Å². The predicted octanol–water partition coefficient (Wildman–Crippen LogP) is 1.70. The molecule has 0 aromatic carbocycles. The number of carbonyl (C=O) groups excluding carboxylic acids is 2. The summed E-state index contributed by atoms with van der Waals surface area (Å²) in [4.78, 5) is 23.2. The van der Waals surface area contributed by atoms with E-state index < -0.39 is 20.3 Å². The lowest BCUT2D eigenvalue weighted by Crippen LogP contribution is -2.45. The van der Waals surface area contributed by atoms with Gasteiger partial charge in [0.05, 0.1) is 7.11 Å². The highest BCUT2D eigenvalue weighted by molar-refractivity contribution is 6.74. The summed E-state index contributed by atoms with van der Waals surface area (Å²) in [6.07, 6.45) is 0.384. The maximum atomic E-state index is 11.7. The highest BCUT2D eigenvalue weighted by Gasteiger charge is 2.37. The fraction of sp³-hybridized carbons (Fsp3) is 0.857. The van der Waals surface area contributed by atoms with E-state index in [1.54, 1.807) is 0 Å². The molecule has 1 amide bonds. The molecule has 0 bridgehead atoms. The number of methoxy groups -OCH3 is 2. The molecule has 124 valence electrons. The lowest BCUT2D eigenvalue weighted by molar-refractivity contribution is -0.145. The van der Waals surface area contributed by atoms with E-state index in [1.165, 1.54) is 14.2 Å². The second-order valence-electron chi connectivity index (χ2n) is 6.47. The Morgan fingerprint density at radius 3 is 2.19 bits per heavy atom. The van der Waals surface area contributed by atoms with Crippen LogP contribution < -0.4 is 5.32 Å². The summed E-state index contributed by atoms with van der Waals surface area (Å²) in [5.74, 6) is -0.821. The molecule has 1 N–H and O–H groups in total. The van der Waals surface area contributed by atoms with Crippen LogP contribution in [-0.4, -0.2) is 53.7 Å². The van der Waals surface area contributed by atoms with Crippen molar-refractivity contribution in [2.45, 2.75) is 51.4 Å². The molecule has 7 heteroatoms. The number of nitrogens with one attached hydrogen (secondary N) is 1. The first-order chi connectivity index (χ1) is 9.55. The monoisotopic (exact) mass is 319 g/mol. The number of hydrogen-bond acceptors (Lipinski definition) is 5. The van der Waals surface area contributed by atoms with Crippen molar-refractivity contribution in [1.82, 2.24) is 5.32 Å². The van der Waals surface area contributed by atoms with Crippen molar-refractivity contribution in [3.05, 3.63) is 0 Å². The molecule has 0 fully saturated rings. The molecule has 0 aliphatic carbocycles. The van der Waals surface area contributed by atoms with E-state index in [0.717, 1.165) is 0 Å². The van der Waals surface area contributed by atoms with E-state index >= 15 is 0 Å². The Bertz CT molecular complexity index is 352. The van der Waals surface area contributed by atoms with Crippen LogP contribution in [0.15, 0.2) is 0 Å². The average Bonchev–Trinajstić information content (AvgIpc) is 2.35. The molecule has 0 aromatic heterocycles. The molecule has 0 aliphatic rings. The van der Waals surface area contributed by atoms with E-state index in [4.69, 9.17) is 13.9 Å². The number of hydrogen-bond donors (Lipinski definition) is 1. The first-order valence-corrected chi connectivity index (χ1v) is 9.96. The molecular weight excluding hydrogens is 290 g/mol. The molecule has 0 unspecified atom stereocenters. The molecule has 0 radical (unpaired) electrons. The van der Waals surface area contributed by atoms with Gasteiger partial charge in [-0.15, -0.1) is 0 Å². The van der Waals surface area contributed by atoms with E-state index in [2.05, 4.69) is 39.2 Å². The number of amides is 1. The SMILES string of the molecule is COCC(=O)N[C@H](CCO[Si](C)(C)C(C)(C)C)C(=O)OC. The molecule has 0 aromatic rings. The second kappa shape index (κ2) is 8.50. The van der Waals surface area contributed by atoms with Gasteiger partial charge in [-0.05, 0) is 18.1 Å². The molecule has 21 heavy (non-hydrogen) atoms. The van der Waals surface area contributed by atoms with Gasteiger partial charge >= 0.3 is 5.97 Å². The van der Waals surface area contributed by atoms with Gasteiger partial charge in [0.25, 0.3) is 0 Å². The van der Waals surface area contributed by atoms with E-state index in [-0.39, 0.29) is 17.6 Å². The van der Waals surface area contributed by atoms with Crippen molar-refractivity contribution < 1.29 is 23.5 Å². The maximum absolute atomic E-state index is 11.7. The maximum Gasteiger partial charge on any atom is 0.328 e. The molecule has 6 nitrogen and oxygen atoms in total. The molecule has 1 atom stereocenters. The second-order valence-corrected chi connectivity index (χ2v) is 11.3. The van der Waals surface area contributed by atoms with E-state index in [0.29, 0.717) is 13.0 Å². The van der Waals surface area contributed by atoms with Crippen molar-refractivity contribution >= 4 is 20.2 Å². The van der Waals surface area contributed by atoms with Crippen molar-refractivity contribution in [2.75, 3.05) is 27.4 Å². The smallest absolute Gasteiger partial charge is 0.328 e. The number of rotatable bonds is 8. The first-order valence-electron chi connectivity index (χ1n) is 7.05. The summed E-state index contributed by atoms with van der Waals surface area (Å²) in [5, 5.41) is 2.69. The zero-order valence-electron chi connectivity index (χ0n) is 14.2. The predicted molar refractivity (Wildman–Crippen MR) is 83.6 cm³/mol. The van der Waals surface area contributed by atoms with Gasteiger partial charge in [0.15, 0.2) is 8.32 Å². The van der Waals surface area contributed by atoms with Crippen LogP contribution in [0.1, 0.15) is 27.2 Å². The zero-order chi connectivity index (χ0) is 16.7. The molecule has 0 spiro atoms. The molecule has 0 aliphatic heterocycles. The summed E-state index contributed by atoms with van der Waals surface area (Å²) in [6.45, 7) is 11.1. The van der Waals surface area contributed by atoms with Crippen molar-refractivity contribution in [3.8, 4) is 0 Å². The minimum Gasteiger partial charge on any atom is -0.467 e. The van der Waals surface area contributed by atoms with Crippen LogP contribution in [0.25, 0.3) is 0 Å². The Balaban J connectivity index is 4.50. The topological polar surface area (TPSA) is 73.9 Å². The van der Waals surface area contributed by atoms with Crippen LogP contribution in [0.2, 0.25) is 18.1 Å². The summed E-state index contributed by atoms with van der Waals surface area (Å²) in [6, 6.07) is -0.706. The van der Waals surface area contributed by atoms with Crippen molar-refractivity contribution in [1.29, 1.82) is 0 Å². The Kier molecular flexibility index (Phi) is 8.13. The average molecular weight is 319 g/mol. The minimum absolute atomic E-state index is 0.0867. The summed E-state index contributed by atoms with van der Waals surface area (Å²) in [5.41, 5.74) is 0. The van der Waals surface area contributed by atoms with Crippen LogP contribution in [0.4, 0.5) is 0 Å². The first kappa shape index (κ1) is 20.1. The highest BCUT2D eigenvalue weighted by atomic mass is 28.4. The Morgan fingerprint density at radius 1 is 1.19 bits per heavy atom. The van der Waals surface area contributed by atoms with Gasteiger partial charge in [-0.2, -0.15) is 0 Å². The molecule has 0 heterocycles. The summed E-state index contributed by atoms with van der Waals surface area (Å²) < 4.78 is 15.4. The highest BCUT2D eigenvalue weighted by Crippen LogP contribution is 2.36. The number of carbonyl (C=O) groups is 2. The van der Waals surface area contributed by atoms with Crippen LogP contribution in [0.5, 0.6) is 0 Å². The molecule has 0 rings (SSSR count). The van der Waals surface area contributed by atoms with E-state index in [1.807, 2.05) is 0 Å². The minimum atomic E-state index is -1.86. The van der Waals surface area contributed by atoms with Gasteiger partial charge in [0.1, 0.15) is 12.6 Å². The van der Waals surface area contributed by atoms with Crippen LogP contribution >= 0.6 is 0 Å². The quantitative estimate of drug-likeness (QED) is 0.544. The third-order valence-corrected chi connectivity index (χ3v) is 8.31. The van der Waals surface area contributed by atoms with Crippen molar-refractivity contribution in [2.24, 2.45) is 0 Å². The van der Waals surface area contributed by atoms with Crippen molar-refractivity contribution in [3.63, 3.8) is 0 Å². The summed E-state index contributed by atoms with van der Waals surface area (Å²) in [7, 11) is 0.861. The van der Waals surface area contributed by atoms with Gasteiger partial charge in [0, 0.05) is 20.1 Å². The molecular formula is C14H29NO5Si. The Hall–Kier alpha value is -0.923. The Morgan fingerprint density at radius 2 is 1.76 bits per heavy atom. The number of ether oxygens (including phenoxy) is 2. The number of esters is 1. The van der Waals surface area contributed by atoms with Gasteiger partial charge in [0.2, 0.25) is 5.91 Å². The lowest BCUT2D eigenvalue weighted by Gasteiger charge is -2.36. The lowest BCUT2D eigenvalue weighted by atomic mass is 10.2. The molecule has 0 saturated carbocycles. The fourth-order valence-electron chi connectivity index (χ4n) is 1.41. The van der Waals surface area contributed by atoms with Gasteiger partial charge < -0.3 is 19.2 Å². The van der Waals surface area contributed by atoms with Gasteiger partial charge in [-0.3, -0.25) is 4.79 Å². The Labute approximate surface area is 128 Å². The van der Waals surface area contributed by atoms with Gasteiger partial charge in [-0.25, -0.2) is 4.79 Å². The third kappa shape index (κ3) is 7.06. The van der Waals surface area contributed by atoms with Gasteiger partial charge in [-0.1, -0.05) is 20.8 Å². The summed E-state index contributed by atoms with van der Waals surface area (Å²) >= 11 is 0.